The van der Waals surface area contributed by atoms with Gasteiger partial charge in [-0.05, 0) is 61.4 Å². The van der Waals surface area contributed by atoms with Crippen LogP contribution in [0.4, 0.5) is 5.69 Å². The van der Waals surface area contributed by atoms with E-state index in [0.717, 1.165) is 16.8 Å². The second kappa shape index (κ2) is 8.25. The summed E-state index contributed by atoms with van der Waals surface area (Å²) in [5.41, 5.74) is 3.44. The maximum Gasteiger partial charge on any atom is 0.311 e. The lowest BCUT2D eigenvalue weighted by Crippen LogP contribution is -2.27. The molecule has 0 bridgehead atoms. The normalized spacial score (nSPS) is 16.2. The van der Waals surface area contributed by atoms with Gasteiger partial charge < -0.3 is 14.4 Å². The maximum atomic E-state index is 12.4. The van der Waals surface area contributed by atoms with Crippen LogP contribution in [-0.4, -0.2) is 37.9 Å². The molecule has 0 aliphatic carbocycles. The summed E-state index contributed by atoms with van der Waals surface area (Å²) in [6.45, 7) is 3.90. The number of carbonyl (C=O) groups excluding carboxylic acids is 3. The number of aryl methyl sites for hydroxylation is 2. The van der Waals surface area contributed by atoms with Crippen LogP contribution >= 0.6 is 0 Å². The highest BCUT2D eigenvalue weighted by Crippen LogP contribution is 2.27. The van der Waals surface area contributed by atoms with E-state index >= 15 is 0 Å². The highest BCUT2D eigenvalue weighted by Gasteiger charge is 2.36. The summed E-state index contributed by atoms with van der Waals surface area (Å²) in [5.74, 6) is -0.873. The number of ether oxygens (including phenoxy) is 2. The average Bonchev–Trinajstić information content (AvgIpc) is 3.09. The maximum absolute atomic E-state index is 12.4. The summed E-state index contributed by atoms with van der Waals surface area (Å²) in [6, 6.07) is 12.4. The largest absolute Gasteiger partial charge is 0.497 e. The zero-order chi connectivity index (χ0) is 20.3. The Balaban J connectivity index is 1.58. The van der Waals surface area contributed by atoms with Crippen LogP contribution in [-0.2, 0) is 14.3 Å². The van der Waals surface area contributed by atoms with Crippen molar-refractivity contribution in [2.45, 2.75) is 20.3 Å². The summed E-state index contributed by atoms with van der Waals surface area (Å²) in [4.78, 5) is 38.5. The molecule has 0 saturated carbocycles. The van der Waals surface area contributed by atoms with Crippen molar-refractivity contribution < 1.29 is 23.9 Å². The zero-order valence-corrected chi connectivity index (χ0v) is 16.2. The van der Waals surface area contributed by atoms with Crippen molar-refractivity contribution in [2.24, 2.45) is 5.92 Å². The van der Waals surface area contributed by atoms with Gasteiger partial charge in [-0.3, -0.25) is 14.4 Å². The second-order valence-electron chi connectivity index (χ2n) is 6.93. The molecule has 0 spiro atoms. The predicted octanol–water partition coefficient (Wildman–Crippen LogP) is 3.09. The quantitative estimate of drug-likeness (QED) is 0.568. The Hall–Kier alpha value is -3.15. The van der Waals surface area contributed by atoms with Gasteiger partial charge in [-0.2, -0.15) is 0 Å². The fraction of sp³-hybridized carbons (Fsp3) is 0.318. The Kier molecular flexibility index (Phi) is 5.78. The van der Waals surface area contributed by atoms with E-state index in [9.17, 15) is 14.4 Å². The van der Waals surface area contributed by atoms with Crippen LogP contribution in [0.5, 0.6) is 5.75 Å². The average molecular weight is 381 g/mol. The molecule has 1 atom stereocenters. The fourth-order valence-electron chi connectivity index (χ4n) is 3.12. The van der Waals surface area contributed by atoms with Gasteiger partial charge in [0.15, 0.2) is 12.4 Å². The van der Waals surface area contributed by atoms with E-state index in [2.05, 4.69) is 0 Å². The molecule has 1 aliphatic rings. The molecule has 0 N–H and O–H groups in total. The molecule has 1 aliphatic heterocycles. The summed E-state index contributed by atoms with van der Waals surface area (Å²) in [5, 5.41) is 0. The monoisotopic (exact) mass is 381 g/mol. The van der Waals surface area contributed by atoms with Crippen LogP contribution in [0.15, 0.2) is 42.5 Å². The van der Waals surface area contributed by atoms with Crippen molar-refractivity contribution >= 4 is 23.3 Å². The van der Waals surface area contributed by atoms with E-state index in [1.54, 1.807) is 36.3 Å². The lowest BCUT2D eigenvalue weighted by Gasteiger charge is -2.17. The fourth-order valence-corrected chi connectivity index (χ4v) is 3.12. The highest BCUT2D eigenvalue weighted by atomic mass is 16.5. The van der Waals surface area contributed by atoms with E-state index in [4.69, 9.17) is 9.47 Å². The number of amides is 1. The molecule has 28 heavy (non-hydrogen) atoms. The molecule has 0 unspecified atom stereocenters. The van der Waals surface area contributed by atoms with Crippen LogP contribution < -0.4 is 9.64 Å². The van der Waals surface area contributed by atoms with Gasteiger partial charge in [0.25, 0.3) is 0 Å². The summed E-state index contributed by atoms with van der Waals surface area (Å²) >= 11 is 0. The molecule has 0 radical (unpaired) electrons. The molecule has 1 amide bonds. The van der Waals surface area contributed by atoms with Crippen molar-refractivity contribution in [3.63, 3.8) is 0 Å². The van der Waals surface area contributed by atoms with E-state index < -0.39 is 11.9 Å². The van der Waals surface area contributed by atoms with Gasteiger partial charge in [-0.15, -0.1) is 0 Å². The number of hydrogen-bond donors (Lipinski definition) is 0. The first-order chi connectivity index (χ1) is 13.4. The number of rotatable bonds is 6. The molecule has 3 rings (SSSR count). The Morgan fingerprint density at radius 1 is 1.07 bits per heavy atom. The SMILES string of the molecule is COc1ccc(C(=O)COC(=O)[C@H]2CC(=O)N(c3ccc(C)c(C)c3)C2)cc1. The number of nitrogens with zero attached hydrogens (tertiary/aromatic N) is 1. The minimum absolute atomic E-state index is 0.0858. The minimum Gasteiger partial charge on any atom is -0.497 e. The van der Waals surface area contributed by atoms with E-state index in [-0.39, 0.29) is 31.3 Å². The third kappa shape index (κ3) is 4.22. The molecule has 6 heteroatoms. The molecule has 0 aromatic heterocycles. The summed E-state index contributed by atoms with van der Waals surface area (Å²) in [6.07, 6.45) is 0.0858. The highest BCUT2D eigenvalue weighted by molar-refractivity contribution is 6.01. The first-order valence-corrected chi connectivity index (χ1v) is 9.10. The number of anilines is 1. The number of Topliss-reactive ketones (excluding diaryl/α,β-unsaturated/α-hetero) is 1. The van der Waals surface area contributed by atoms with Crippen molar-refractivity contribution in [1.82, 2.24) is 0 Å². The lowest BCUT2D eigenvalue weighted by molar-refractivity contribution is -0.147. The minimum atomic E-state index is -0.572. The van der Waals surface area contributed by atoms with Crippen molar-refractivity contribution in [3.05, 3.63) is 59.2 Å². The third-order valence-corrected chi connectivity index (χ3v) is 5.02. The molecule has 6 nitrogen and oxygen atoms in total. The predicted molar refractivity (Wildman–Crippen MR) is 105 cm³/mol. The van der Waals surface area contributed by atoms with Crippen LogP contribution in [0, 0.1) is 19.8 Å². The number of esters is 1. The van der Waals surface area contributed by atoms with Crippen LogP contribution in [0.3, 0.4) is 0 Å². The first kappa shape index (κ1) is 19.6. The van der Waals surface area contributed by atoms with Crippen LogP contribution in [0.2, 0.25) is 0 Å². The van der Waals surface area contributed by atoms with Gasteiger partial charge in [0.2, 0.25) is 5.91 Å². The van der Waals surface area contributed by atoms with Crippen molar-refractivity contribution in [2.75, 3.05) is 25.2 Å². The number of methoxy groups -OCH3 is 1. The standard InChI is InChI=1S/C22H23NO5/c1-14-4-7-18(10-15(14)2)23-12-17(11-21(23)25)22(26)28-13-20(24)16-5-8-19(27-3)9-6-16/h4-10,17H,11-13H2,1-3H3/t17-/m0/s1. The van der Waals surface area contributed by atoms with Gasteiger partial charge in [-0.25, -0.2) is 0 Å². The lowest BCUT2D eigenvalue weighted by atomic mass is 10.1. The Bertz CT molecular complexity index is 904. The van der Waals surface area contributed by atoms with Crippen molar-refractivity contribution in [3.8, 4) is 5.75 Å². The second-order valence-corrected chi connectivity index (χ2v) is 6.93. The van der Waals surface area contributed by atoms with E-state index in [1.165, 1.54) is 0 Å². The van der Waals surface area contributed by atoms with Crippen LogP contribution in [0.1, 0.15) is 27.9 Å². The molecule has 1 saturated heterocycles. The molecular formula is C22H23NO5. The van der Waals surface area contributed by atoms with Gasteiger partial charge >= 0.3 is 5.97 Å². The molecule has 1 fully saturated rings. The van der Waals surface area contributed by atoms with E-state index in [1.807, 2.05) is 32.0 Å². The smallest absolute Gasteiger partial charge is 0.311 e. The van der Waals surface area contributed by atoms with Crippen LogP contribution in [0.25, 0.3) is 0 Å². The summed E-state index contributed by atoms with van der Waals surface area (Å²) in [7, 11) is 1.54. The molecule has 2 aromatic rings. The van der Waals surface area contributed by atoms with Crippen molar-refractivity contribution in [1.29, 1.82) is 0 Å². The summed E-state index contributed by atoms with van der Waals surface area (Å²) < 4.78 is 10.2. The third-order valence-electron chi connectivity index (χ3n) is 5.02. The number of hydrogen-bond acceptors (Lipinski definition) is 5. The molecule has 146 valence electrons. The Labute approximate surface area is 164 Å². The van der Waals surface area contributed by atoms with E-state index in [0.29, 0.717) is 11.3 Å². The molecular weight excluding hydrogens is 358 g/mol. The first-order valence-electron chi connectivity index (χ1n) is 9.10. The number of benzene rings is 2. The van der Waals surface area contributed by atoms with Gasteiger partial charge in [0, 0.05) is 24.2 Å². The Morgan fingerprint density at radius 3 is 2.43 bits per heavy atom. The van der Waals surface area contributed by atoms with Gasteiger partial charge in [-0.1, -0.05) is 6.07 Å². The zero-order valence-electron chi connectivity index (χ0n) is 16.2. The van der Waals surface area contributed by atoms with Gasteiger partial charge in [0.05, 0.1) is 13.0 Å². The topological polar surface area (TPSA) is 72.9 Å². The Morgan fingerprint density at radius 2 is 1.79 bits per heavy atom. The molecule has 2 aromatic carbocycles. The van der Waals surface area contributed by atoms with Gasteiger partial charge in [0.1, 0.15) is 5.75 Å². The molecule has 1 heterocycles. The number of carbonyl (C=O) groups is 3. The number of ketones is 1.